The van der Waals surface area contributed by atoms with Gasteiger partial charge in [0, 0.05) is 39.5 Å². The van der Waals surface area contributed by atoms with Gasteiger partial charge in [0.25, 0.3) is 0 Å². The van der Waals surface area contributed by atoms with Crippen molar-refractivity contribution in [3.05, 3.63) is 119 Å². The number of ketones is 1. The van der Waals surface area contributed by atoms with E-state index in [0.717, 1.165) is 27.4 Å². The number of benzene rings is 4. The first-order chi connectivity index (χ1) is 16.4. The Balaban J connectivity index is 1.60. The van der Waals surface area contributed by atoms with Crippen molar-refractivity contribution in [1.29, 1.82) is 0 Å². The second-order valence-corrected chi connectivity index (χ2v) is 8.97. The molecule has 168 valence electrons. The number of hydrogen-bond donors (Lipinski definition) is 1. The summed E-state index contributed by atoms with van der Waals surface area (Å²) < 4.78 is 2.23. The van der Waals surface area contributed by atoms with Gasteiger partial charge in [0.1, 0.15) is 0 Å². The lowest BCUT2D eigenvalue weighted by molar-refractivity contribution is 0.1000. The van der Waals surface area contributed by atoms with E-state index in [9.17, 15) is 9.59 Å². The smallest absolute Gasteiger partial charge is 0.249 e. The Morgan fingerprint density at radius 1 is 0.794 bits per heavy atom. The van der Waals surface area contributed by atoms with Crippen LogP contribution in [0.1, 0.15) is 57.2 Å². The van der Waals surface area contributed by atoms with Crippen molar-refractivity contribution in [1.82, 2.24) is 4.57 Å². The van der Waals surface area contributed by atoms with E-state index < -0.39 is 5.91 Å². The van der Waals surface area contributed by atoms with E-state index in [1.807, 2.05) is 66.7 Å². The molecule has 0 aliphatic heterocycles. The van der Waals surface area contributed by atoms with Crippen LogP contribution in [0.15, 0.2) is 91.0 Å². The third-order valence-corrected chi connectivity index (χ3v) is 6.44. The molecular formula is C30H26N2O2. The van der Waals surface area contributed by atoms with Gasteiger partial charge in [-0.1, -0.05) is 86.6 Å². The molecule has 1 heterocycles. The van der Waals surface area contributed by atoms with Crippen LogP contribution in [0, 0.1) is 0 Å². The molecule has 0 bridgehead atoms. The standard InChI is InChI=1S/C30H26N2O2/c1-19(2)23-15-16-24-27(17-23)32(26-10-6-9-25(28(24)26)30(31)34)18-20-11-13-22(14-12-20)29(33)21-7-4-3-5-8-21/h3-17,19H,18H2,1-2H3,(H2,31,34). The molecule has 4 nitrogen and oxygen atoms in total. The van der Waals surface area contributed by atoms with Crippen LogP contribution < -0.4 is 5.73 Å². The molecule has 0 fully saturated rings. The predicted molar refractivity (Wildman–Crippen MR) is 137 cm³/mol. The number of nitrogens with zero attached hydrogens (tertiary/aromatic N) is 1. The Morgan fingerprint density at radius 3 is 2.18 bits per heavy atom. The fourth-order valence-electron chi connectivity index (χ4n) is 4.60. The van der Waals surface area contributed by atoms with Crippen LogP contribution in [0.5, 0.6) is 0 Å². The maximum atomic E-state index is 12.8. The molecule has 0 saturated heterocycles. The molecule has 0 unspecified atom stereocenters. The third kappa shape index (κ3) is 3.77. The third-order valence-electron chi connectivity index (χ3n) is 6.44. The molecule has 0 aliphatic carbocycles. The van der Waals surface area contributed by atoms with Crippen LogP contribution in [-0.2, 0) is 6.54 Å². The summed E-state index contributed by atoms with van der Waals surface area (Å²) in [7, 11) is 0. The normalized spacial score (nSPS) is 11.4. The largest absolute Gasteiger partial charge is 0.366 e. The summed E-state index contributed by atoms with van der Waals surface area (Å²) in [6.07, 6.45) is 0. The molecule has 0 radical (unpaired) electrons. The van der Waals surface area contributed by atoms with Crippen LogP contribution in [0.2, 0.25) is 0 Å². The number of nitrogens with two attached hydrogens (primary N) is 1. The maximum absolute atomic E-state index is 12.8. The highest BCUT2D eigenvalue weighted by Crippen LogP contribution is 2.34. The van der Waals surface area contributed by atoms with Gasteiger partial charge in [-0.3, -0.25) is 9.59 Å². The summed E-state index contributed by atoms with van der Waals surface area (Å²) >= 11 is 0. The summed E-state index contributed by atoms with van der Waals surface area (Å²) in [5.41, 5.74) is 11.9. The summed E-state index contributed by atoms with van der Waals surface area (Å²) in [4.78, 5) is 25.0. The minimum atomic E-state index is -0.429. The highest BCUT2D eigenvalue weighted by atomic mass is 16.1. The minimum Gasteiger partial charge on any atom is -0.366 e. The fraction of sp³-hybridized carbons (Fsp3) is 0.133. The van der Waals surface area contributed by atoms with Crippen LogP contribution >= 0.6 is 0 Å². The summed E-state index contributed by atoms with van der Waals surface area (Å²) in [6.45, 7) is 4.96. The lowest BCUT2D eigenvalue weighted by Gasteiger charge is -2.11. The van der Waals surface area contributed by atoms with E-state index in [2.05, 4.69) is 36.6 Å². The summed E-state index contributed by atoms with van der Waals surface area (Å²) in [5.74, 6) is -0.0344. The Hall–Kier alpha value is -4.18. The van der Waals surface area contributed by atoms with Gasteiger partial charge >= 0.3 is 0 Å². The first-order valence-corrected chi connectivity index (χ1v) is 11.5. The molecule has 34 heavy (non-hydrogen) atoms. The van der Waals surface area contributed by atoms with Gasteiger partial charge in [0.05, 0.1) is 5.52 Å². The monoisotopic (exact) mass is 446 g/mol. The van der Waals surface area contributed by atoms with E-state index in [1.165, 1.54) is 5.56 Å². The molecule has 5 aromatic rings. The average molecular weight is 447 g/mol. The molecule has 2 N–H and O–H groups in total. The van der Waals surface area contributed by atoms with E-state index >= 15 is 0 Å². The molecule has 0 saturated carbocycles. The zero-order valence-corrected chi connectivity index (χ0v) is 19.3. The number of hydrogen-bond acceptors (Lipinski definition) is 2. The van der Waals surface area contributed by atoms with Crippen LogP contribution in [0.4, 0.5) is 0 Å². The van der Waals surface area contributed by atoms with E-state index in [0.29, 0.717) is 29.2 Å². The number of aromatic nitrogens is 1. The van der Waals surface area contributed by atoms with Crippen LogP contribution in [-0.4, -0.2) is 16.3 Å². The second-order valence-electron chi connectivity index (χ2n) is 8.97. The molecule has 1 amide bonds. The number of rotatable bonds is 6. The van der Waals surface area contributed by atoms with Gasteiger partial charge in [-0.25, -0.2) is 0 Å². The van der Waals surface area contributed by atoms with Crippen molar-refractivity contribution in [2.75, 3.05) is 0 Å². The van der Waals surface area contributed by atoms with Crippen molar-refractivity contribution in [3.63, 3.8) is 0 Å². The first-order valence-electron chi connectivity index (χ1n) is 11.5. The molecule has 0 spiro atoms. The van der Waals surface area contributed by atoms with Crippen molar-refractivity contribution in [2.24, 2.45) is 5.73 Å². The van der Waals surface area contributed by atoms with Gasteiger partial charge in [0.15, 0.2) is 5.78 Å². The topological polar surface area (TPSA) is 65.1 Å². The fourth-order valence-corrected chi connectivity index (χ4v) is 4.60. The van der Waals surface area contributed by atoms with Crippen LogP contribution in [0.25, 0.3) is 21.8 Å². The molecule has 4 aromatic carbocycles. The number of amides is 1. The molecular weight excluding hydrogens is 420 g/mol. The molecule has 4 heteroatoms. The highest BCUT2D eigenvalue weighted by molar-refractivity contribution is 6.18. The average Bonchev–Trinajstić information content (AvgIpc) is 3.17. The van der Waals surface area contributed by atoms with Gasteiger partial charge in [-0.05, 0) is 35.2 Å². The Bertz CT molecular complexity index is 1530. The SMILES string of the molecule is CC(C)c1ccc2c3c(C(N)=O)cccc3n(Cc3ccc(C(=O)c4ccccc4)cc3)c2c1. The molecule has 1 aromatic heterocycles. The number of fused-ring (bicyclic) bond motifs is 3. The van der Waals surface area contributed by atoms with Gasteiger partial charge in [-0.2, -0.15) is 0 Å². The maximum Gasteiger partial charge on any atom is 0.249 e. The van der Waals surface area contributed by atoms with E-state index in [-0.39, 0.29) is 5.78 Å². The highest BCUT2D eigenvalue weighted by Gasteiger charge is 2.18. The minimum absolute atomic E-state index is 0.0108. The second kappa shape index (κ2) is 8.64. The lowest BCUT2D eigenvalue weighted by atomic mass is 10.00. The van der Waals surface area contributed by atoms with Crippen molar-refractivity contribution < 1.29 is 9.59 Å². The van der Waals surface area contributed by atoms with Gasteiger partial charge < -0.3 is 10.3 Å². The first kappa shape index (κ1) is 21.7. The van der Waals surface area contributed by atoms with E-state index in [4.69, 9.17) is 5.73 Å². The zero-order chi connectivity index (χ0) is 23.8. The molecule has 0 atom stereocenters. The van der Waals surface area contributed by atoms with Crippen LogP contribution in [0.3, 0.4) is 0 Å². The quantitative estimate of drug-likeness (QED) is 0.311. The number of carbonyl (C=O) groups excluding carboxylic acids is 2. The Kier molecular flexibility index (Phi) is 5.50. The van der Waals surface area contributed by atoms with Crippen molar-refractivity contribution in [3.8, 4) is 0 Å². The van der Waals surface area contributed by atoms with Gasteiger partial charge in [0.2, 0.25) is 5.91 Å². The zero-order valence-electron chi connectivity index (χ0n) is 19.3. The molecule has 5 rings (SSSR count). The van der Waals surface area contributed by atoms with E-state index in [1.54, 1.807) is 6.07 Å². The molecule has 0 aliphatic rings. The number of carbonyl (C=O) groups is 2. The Morgan fingerprint density at radius 2 is 1.50 bits per heavy atom. The van der Waals surface area contributed by atoms with Crippen molar-refractivity contribution in [2.45, 2.75) is 26.3 Å². The summed E-state index contributed by atoms with van der Waals surface area (Å²) in [5, 5.41) is 1.90. The Labute approximate surface area is 198 Å². The predicted octanol–water partition coefficient (Wildman–Crippen LogP) is 6.30. The summed E-state index contributed by atoms with van der Waals surface area (Å²) in [6, 6.07) is 29.2. The number of primary amides is 1. The van der Waals surface area contributed by atoms with Crippen molar-refractivity contribution >= 4 is 33.5 Å². The van der Waals surface area contributed by atoms with Gasteiger partial charge in [-0.15, -0.1) is 0 Å². The lowest BCUT2D eigenvalue weighted by Crippen LogP contribution is -2.11.